The molecule has 37 heteroatoms. The summed E-state index contributed by atoms with van der Waals surface area (Å²) < 4.78 is 44.2. The van der Waals surface area contributed by atoms with E-state index in [1.54, 1.807) is 51.2 Å². The summed E-state index contributed by atoms with van der Waals surface area (Å²) in [6, 6.07) is 11.1. The molecular weight excluding hydrogens is 1600 g/mol. The van der Waals surface area contributed by atoms with E-state index in [0.717, 1.165) is 54.1 Å². The fourth-order valence-electron chi connectivity index (χ4n) is 15.3. The lowest BCUT2D eigenvalue weighted by atomic mass is 9.84. The Morgan fingerprint density at radius 2 is 1.43 bits per heavy atom. The lowest BCUT2D eigenvalue weighted by Crippen LogP contribution is -2.63. The van der Waals surface area contributed by atoms with Crippen molar-refractivity contribution in [1.82, 2.24) is 41.5 Å². The van der Waals surface area contributed by atoms with Crippen molar-refractivity contribution >= 4 is 76.2 Å². The largest absolute Gasteiger partial charge is 0.508 e. The van der Waals surface area contributed by atoms with Crippen LogP contribution in [0.2, 0.25) is 10.0 Å². The molecule has 35 nitrogen and oxygen atoms in total. The van der Waals surface area contributed by atoms with E-state index in [-0.39, 0.29) is 71.4 Å². The van der Waals surface area contributed by atoms with Crippen LogP contribution in [0.15, 0.2) is 116 Å². The number of rotatable bonds is 20. The number of carbonyl (C=O) groups is 9. The molecule has 18 N–H and O–H groups in total. The fraction of sp³-hybridized carbons (Fsp3) is 0.415. The number of benzene rings is 6. The number of methoxy groups -OCH3 is 1. The third-order valence-electron chi connectivity index (χ3n) is 21.8. The Hall–Kier alpha value is -11.1. The van der Waals surface area contributed by atoms with E-state index in [2.05, 4.69) is 36.6 Å². The van der Waals surface area contributed by atoms with Crippen LogP contribution in [0.4, 0.5) is 0 Å². The number of Topliss-reactive ketones (excluding diaryl/α,β-unsaturated/α-hetero) is 2. The summed E-state index contributed by atoms with van der Waals surface area (Å²) in [6.07, 6.45) is -18.2. The van der Waals surface area contributed by atoms with Crippen LogP contribution in [0.25, 0.3) is 11.1 Å². The number of phenols is 3. The van der Waals surface area contributed by atoms with Gasteiger partial charge in [0, 0.05) is 80.2 Å². The molecule has 6 amide bonds. The zero-order chi connectivity index (χ0) is 85.9. The number of ether oxygens (including phenoxy) is 7. The molecule has 11 bridgehead atoms. The van der Waals surface area contributed by atoms with Crippen molar-refractivity contribution in [2.24, 2.45) is 17.6 Å². The zero-order valence-corrected chi connectivity index (χ0v) is 66.5. The minimum Gasteiger partial charge on any atom is -0.508 e. The van der Waals surface area contributed by atoms with Gasteiger partial charge in [-0.1, -0.05) is 67.4 Å². The van der Waals surface area contributed by atoms with E-state index < -0.39 is 250 Å². The second-order valence-corrected chi connectivity index (χ2v) is 31.5. The highest BCUT2D eigenvalue weighted by atomic mass is 35.5. The maximum atomic E-state index is 16.6. The summed E-state index contributed by atoms with van der Waals surface area (Å²) in [5.41, 5.74) is 3.38. The standard InChI is InChI=1S/C82H91Cl2N9O26/c1-35(2)19-51(93(5)62(101)18-9-37-7-13-45(113-6)14-8-37)78(109)91-67-54(98)23-42(26-61(85)100)76(107)89-65-41-24-58(115-56-16-11-39(69(67)102)21-49(56)83)74(119-81-72(105)71(104)70(103)60(33-94)117-81)59(25-41)116-57-17-12-40(22-50(57)84)73(118-63-30-82(4,75(106)36(3)114-63)88-32-43-31-86-34-87-43)68-79(110)90-66(80(111)112)48-27-44(95)28-53(97)64(48)47-20-38(10-15-52(47)96)46(29-55(65)99)77(108)92-68/h7-8,10-17,20-22,24-25,27-28,31,34-36,42,46,51,60,63,65-73,75,81,88,94-97,102-106H,9,18-19,23,26,29-30,32-33H2,1-6H3,(H2,85,100)(H,86,87)(H,89,107)(H,90,110)(H,91,109)(H,92,108)(H,111,112)/t36-,42-,46+,51+,60+,63-,65+,66+,67-,68?,69+,70+,71-,72+,73?,75-,81?,82-/m0/s1. The normalized spacial score (nSPS) is 26.8. The molecule has 119 heavy (non-hydrogen) atoms. The molecule has 634 valence electrons. The smallest absolute Gasteiger partial charge is 0.330 e. The van der Waals surface area contributed by atoms with Crippen molar-refractivity contribution < 1.29 is 127 Å². The van der Waals surface area contributed by atoms with Gasteiger partial charge < -0.3 is 126 Å². The third-order valence-corrected chi connectivity index (χ3v) is 22.4. The molecular formula is C82H91Cl2N9O26. The Morgan fingerprint density at radius 3 is 2.06 bits per heavy atom. The number of carbonyl (C=O) groups excluding carboxylic acids is 8. The SMILES string of the molecule is COc1ccc(CCC(=O)N(C)[C@H](CC(C)C)C(=O)N[C@H]2C(=O)C[C@@H](CC(N)=O)C(=O)N[C@H]3C(=O)C[C@H]4C(=O)NC(C(=O)N[C@@H](C(=O)O)c5cc(O)cc(O)c5-c5cc4ccc5O)C(O[C@H]4C[C@](C)(NCc5c[nH]cn5)[C@@H](O)[C@H](C)O4)c4ccc(c(Cl)c4)Oc4cc3cc(c4OC3O[C@H](CO)[C@@H](O)[C@H](O)[C@H]3O)Oc3ccc(cc3Cl)[C@H]2O)cc1. The molecule has 0 radical (unpaired) electrons. The quantitative estimate of drug-likeness (QED) is 0.0499. The molecule has 0 spiro atoms. The number of H-pyrrole nitrogens is 1. The molecule has 7 aliphatic heterocycles. The lowest BCUT2D eigenvalue weighted by molar-refractivity contribution is -0.277. The number of nitrogens with one attached hydrogen (secondary N) is 6. The van der Waals surface area contributed by atoms with Crippen molar-refractivity contribution in [1.29, 1.82) is 0 Å². The first-order valence-electron chi connectivity index (χ1n) is 38.1. The minimum atomic E-state index is -2.29. The van der Waals surface area contributed by atoms with Crippen molar-refractivity contribution in [3.8, 4) is 62.9 Å². The number of hydrogen-bond donors (Lipinski definition) is 17. The number of hydrogen-bond acceptors (Lipinski definition) is 27. The number of aliphatic carboxylic acids is 1. The first-order valence-corrected chi connectivity index (χ1v) is 38.8. The number of ketones is 2. The van der Waals surface area contributed by atoms with Gasteiger partial charge in [0.25, 0.3) is 0 Å². The molecule has 0 saturated carbocycles. The summed E-state index contributed by atoms with van der Waals surface area (Å²) in [4.78, 5) is 145. The van der Waals surface area contributed by atoms with Gasteiger partial charge in [-0.3, -0.25) is 38.4 Å². The minimum absolute atomic E-state index is 0.00730. The van der Waals surface area contributed by atoms with Crippen LogP contribution >= 0.6 is 23.2 Å². The first-order chi connectivity index (χ1) is 56.5. The average Bonchev–Trinajstić information content (AvgIpc) is 1.10. The number of phenolic OH excluding ortho intramolecular Hbond substituents is 3. The molecule has 0 aliphatic carbocycles. The van der Waals surface area contributed by atoms with Gasteiger partial charge in [-0.15, -0.1) is 0 Å². The molecule has 2 fully saturated rings. The monoisotopic (exact) mass is 1690 g/mol. The number of aliphatic hydroxyl groups excluding tert-OH is 6. The number of aromatic amines is 1. The van der Waals surface area contributed by atoms with Crippen molar-refractivity contribution in [2.75, 3.05) is 20.8 Å². The van der Waals surface area contributed by atoms with E-state index >= 15 is 28.8 Å². The number of carboxylic acids is 1. The van der Waals surface area contributed by atoms with E-state index in [4.69, 9.17) is 62.1 Å². The van der Waals surface area contributed by atoms with E-state index in [0.29, 0.717) is 11.4 Å². The predicted octanol–water partition coefficient (Wildman–Crippen LogP) is 4.52. The lowest BCUT2D eigenvalue weighted by Gasteiger charge is -2.46. The van der Waals surface area contributed by atoms with Crippen LogP contribution in [0.1, 0.15) is 136 Å². The number of primary amides is 1. The number of halogens is 2. The molecule has 8 heterocycles. The molecule has 14 rings (SSSR count). The van der Waals surface area contributed by atoms with Gasteiger partial charge in [-0.2, -0.15) is 0 Å². The van der Waals surface area contributed by atoms with Gasteiger partial charge in [-0.05, 0) is 127 Å². The van der Waals surface area contributed by atoms with Crippen LogP contribution < -0.4 is 51.3 Å². The van der Waals surface area contributed by atoms with Crippen LogP contribution in [0.5, 0.6) is 51.7 Å². The number of carboxylic acid groups (broad SMARTS) is 1. The van der Waals surface area contributed by atoms with E-state index in [1.165, 1.54) is 62.6 Å². The molecule has 1 aromatic heterocycles. The molecule has 3 unspecified atom stereocenters. The highest BCUT2D eigenvalue weighted by Gasteiger charge is 2.50. The predicted molar refractivity (Wildman–Crippen MR) is 418 cm³/mol. The number of nitrogens with two attached hydrogens (primary N) is 1. The third kappa shape index (κ3) is 19.3. The Balaban J connectivity index is 1.05. The number of aromatic nitrogens is 2. The van der Waals surface area contributed by atoms with Crippen molar-refractivity contribution in [2.45, 2.75) is 182 Å². The number of aromatic hydroxyl groups is 3. The van der Waals surface area contributed by atoms with Gasteiger partial charge in [0.2, 0.25) is 47.5 Å². The molecule has 7 aromatic rings. The van der Waals surface area contributed by atoms with Gasteiger partial charge in [0.15, 0.2) is 35.4 Å². The summed E-state index contributed by atoms with van der Waals surface area (Å²) >= 11 is 14.5. The topological polar surface area (TPSA) is 539 Å². The summed E-state index contributed by atoms with van der Waals surface area (Å²) in [5, 5.41) is 128. The summed E-state index contributed by atoms with van der Waals surface area (Å²) in [5.74, 6) is -19.4. The maximum Gasteiger partial charge on any atom is 0.330 e. The zero-order valence-electron chi connectivity index (χ0n) is 65.0. The second-order valence-electron chi connectivity index (χ2n) is 30.7. The fourth-order valence-corrected chi connectivity index (χ4v) is 15.7. The Bertz CT molecular complexity index is 5000. The summed E-state index contributed by atoms with van der Waals surface area (Å²) in [6.45, 7) is 5.84. The van der Waals surface area contributed by atoms with Gasteiger partial charge in [0.05, 0.1) is 59.8 Å². The number of aliphatic hydroxyl groups is 6. The number of amides is 6. The second kappa shape index (κ2) is 36.7. The molecule has 6 aromatic carbocycles. The maximum absolute atomic E-state index is 16.6. The van der Waals surface area contributed by atoms with Crippen LogP contribution in [0, 0.1) is 11.8 Å². The highest BCUT2D eigenvalue weighted by Crippen LogP contribution is 2.51. The Kier molecular flexibility index (Phi) is 26.9. The van der Waals surface area contributed by atoms with Crippen LogP contribution in [0.3, 0.4) is 0 Å². The molecule has 18 atom stereocenters. The number of likely N-dealkylation sites (N-methyl/N-ethyl adjacent to an activating group) is 1. The summed E-state index contributed by atoms with van der Waals surface area (Å²) in [7, 11) is 2.90. The van der Waals surface area contributed by atoms with Gasteiger partial charge in [0.1, 0.15) is 95.3 Å². The molecule has 7 aliphatic rings. The Labute approximate surface area is 690 Å². The van der Waals surface area contributed by atoms with Gasteiger partial charge in [-0.25, -0.2) is 9.78 Å². The van der Waals surface area contributed by atoms with Crippen molar-refractivity contribution in [3.63, 3.8) is 0 Å². The number of imidazole rings is 1. The number of fused-ring (bicyclic) bond motifs is 15. The number of nitrogens with zero attached hydrogens (tertiary/aromatic N) is 2. The van der Waals surface area contributed by atoms with E-state index in [9.17, 15) is 65.4 Å². The first kappa shape index (κ1) is 87.3. The van der Waals surface area contributed by atoms with Gasteiger partial charge >= 0.3 is 5.97 Å². The molecule has 2 saturated heterocycles. The number of aryl methyl sites for hydroxylation is 1. The van der Waals surface area contributed by atoms with Crippen LogP contribution in [-0.2, 0) is 70.3 Å². The Morgan fingerprint density at radius 1 is 0.756 bits per heavy atom. The average molecular weight is 1690 g/mol. The van der Waals surface area contributed by atoms with Crippen molar-refractivity contribution in [3.05, 3.63) is 165 Å². The van der Waals surface area contributed by atoms with E-state index in [1.807, 2.05) is 0 Å². The highest BCUT2D eigenvalue weighted by molar-refractivity contribution is 6.32. The van der Waals surface area contributed by atoms with Crippen LogP contribution in [-0.4, -0.2) is 213 Å².